The van der Waals surface area contributed by atoms with E-state index in [1.807, 2.05) is 30.3 Å². The molecule has 0 amide bonds. The van der Waals surface area contributed by atoms with Crippen molar-refractivity contribution in [2.45, 2.75) is 18.9 Å². The topological polar surface area (TPSA) is 49.9 Å². The predicted octanol–water partition coefficient (Wildman–Crippen LogP) is 2.66. The van der Waals surface area contributed by atoms with Crippen LogP contribution in [-0.4, -0.2) is 23.3 Å². The molecule has 1 fully saturated rings. The maximum absolute atomic E-state index is 5.13. The number of ether oxygens (including phenoxy) is 1. The number of aromatic amines is 1. The number of H-pyrrole nitrogens is 1. The third-order valence-corrected chi connectivity index (χ3v) is 2.91. The summed E-state index contributed by atoms with van der Waals surface area (Å²) in [5, 5.41) is 10.6. The van der Waals surface area contributed by atoms with Crippen LogP contribution in [0.4, 0.5) is 5.82 Å². The molecule has 0 bridgehead atoms. The molecular weight excluding hydrogens is 214 g/mol. The molecule has 0 aliphatic heterocycles. The van der Waals surface area contributed by atoms with Crippen LogP contribution in [-0.2, 0) is 0 Å². The van der Waals surface area contributed by atoms with E-state index < -0.39 is 0 Å². The Kier molecular flexibility index (Phi) is 2.48. The van der Waals surface area contributed by atoms with Crippen LogP contribution >= 0.6 is 0 Å². The van der Waals surface area contributed by atoms with E-state index in [4.69, 9.17) is 4.74 Å². The molecule has 3 rings (SSSR count). The van der Waals surface area contributed by atoms with Crippen LogP contribution in [0.15, 0.2) is 30.3 Å². The van der Waals surface area contributed by atoms with E-state index in [1.54, 1.807) is 7.11 Å². The summed E-state index contributed by atoms with van der Waals surface area (Å²) in [6, 6.07) is 10.6. The van der Waals surface area contributed by atoms with Crippen LogP contribution < -0.4 is 10.1 Å². The third kappa shape index (κ3) is 2.25. The predicted molar refractivity (Wildman–Crippen MR) is 67.2 cm³/mol. The van der Waals surface area contributed by atoms with Crippen molar-refractivity contribution in [1.29, 1.82) is 0 Å². The Labute approximate surface area is 100 Å². The largest absolute Gasteiger partial charge is 0.497 e. The van der Waals surface area contributed by atoms with Crippen LogP contribution in [0, 0.1) is 0 Å². The number of hydrogen-bond donors (Lipinski definition) is 2. The van der Waals surface area contributed by atoms with Crippen LogP contribution in [0.25, 0.3) is 11.3 Å². The lowest BCUT2D eigenvalue weighted by Crippen LogP contribution is -2.00. The highest BCUT2D eigenvalue weighted by Crippen LogP contribution is 2.26. The first-order chi connectivity index (χ1) is 8.35. The average molecular weight is 229 g/mol. The molecule has 1 saturated carbocycles. The summed E-state index contributed by atoms with van der Waals surface area (Å²) >= 11 is 0. The smallest absolute Gasteiger partial charge is 0.148 e. The number of nitrogens with zero attached hydrogens (tertiary/aromatic N) is 1. The molecule has 4 nitrogen and oxygen atoms in total. The zero-order chi connectivity index (χ0) is 11.7. The van der Waals surface area contributed by atoms with Gasteiger partial charge in [-0.25, -0.2) is 0 Å². The van der Waals surface area contributed by atoms with Gasteiger partial charge in [-0.1, -0.05) is 0 Å². The summed E-state index contributed by atoms with van der Waals surface area (Å²) in [5.74, 6) is 1.79. The quantitative estimate of drug-likeness (QED) is 0.847. The molecule has 0 unspecified atom stereocenters. The molecule has 1 heterocycles. The molecule has 17 heavy (non-hydrogen) atoms. The lowest BCUT2D eigenvalue weighted by Gasteiger charge is -2.00. The Morgan fingerprint density at radius 2 is 2.06 bits per heavy atom. The second-order valence-electron chi connectivity index (χ2n) is 4.31. The minimum atomic E-state index is 0.627. The van der Waals surface area contributed by atoms with Crippen molar-refractivity contribution >= 4 is 5.82 Å². The van der Waals surface area contributed by atoms with Gasteiger partial charge in [-0.2, -0.15) is 5.10 Å². The lowest BCUT2D eigenvalue weighted by atomic mass is 10.1. The molecule has 88 valence electrons. The van der Waals surface area contributed by atoms with Gasteiger partial charge in [0.2, 0.25) is 0 Å². The van der Waals surface area contributed by atoms with E-state index >= 15 is 0 Å². The summed E-state index contributed by atoms with van der Waals surface area (Å²) in [7, 11) is 1.67. The lowest BCUT2D eigenvalue weighted by molar-refractivity contribution is 0.415. The van der Waals surface area contributed by atoms with Gasteiger partial charge < -0.3 is 10.1 Å². The fraction of sp³-hybridized carbons (Fsp3) is 0.308. The van der Waals surface area contributed by atoms with Crippen LogP contribution in [0.1, 0.15) is 12.8 Å². The number of hydrogen-bond acceptors (Lipinski definition) is 3. The van der Waals surface area contributed by atoms with Gasteiger partial charge in [-0.15, -0.1) is 0 Å². The number of aromatic nitrogens is 2. The average Bonchev–Trinajstić information content (AvgIpc) is 3.06. The Hall–Kier alpha value is -1.97. The van der Waals surface area contributed by atoms with Crippen molar-refractivity contribution in [3.05, 3.63) is 30.3 Å². The number of anilines is 1. The van der Waals surface area contributed by atoms with Crippen LogP contribution in [0.2, 0.25) is 0 Å². The van der Waals surface area contributed by atoms with Crippen molar-refractivity contribution in [1.82, 2.24) is 10.2 Å². The Balaban J connectivity index is 1.79. The molecule has 0 spiro atoms. The first kappa shape index (κ1) is 10.2. The van der Waals surface area contributed by atoms with E-state index in [0.717, 1.165) is 22.8 Å². The van der Waals surface area contributed by atoms with E-state index in [1.165, 1.54) is 12.8 Å². The molecule has 1 aromatic heterocycles. The van der Waals surface area contributed by atoms with E-state index in [-0.39, 0.29) is 0 Å². The number of methoxy groups -OCH3 is 1. The van der Waals surface area contributed by atoms with Gasteiger partial charge in [0.1, 0.15) is 11.6 Å². The first-order valence-electron chi connectivity index (χ1n) is 5.81. The van der Waals surface area contributed by atoms with E-state index in [2.05, 4.69) is 15.5 Å². The number of nitrogens with one attached hydrogen (secondary N) is 2. The summed E-state index contributed by atoms with van der Waals surface area (Å²) in [6.45, 7) is 0. The first-order valence-corrected chi connectivity index (χ1v) is 5.81. The van der Waals surface area contributed by atoms with Gasteiger partial charge in [-0.3, -0.25) is 5.10 Å². The Bertz CT molecular complexity index is 500. The van der Waals surface area contributed by atoms with Crippen molar-refractivity contribution < 1.29 is 4.74 Å². The fourth-order valence-electron chi connectivity index (χ4n) is 1.75. The van der Waals surface area contributed by atoms with Crippen LogP contribution in [0.3, 0.4) is 0 Å². The maximum Gasteiger partial charge on any atom is 0.148 e. The number of rotatable bonds is 4. The Morgan fingerprint density at radius 1 is 1.29 bits per heavy atom. The molecule has 1 aromatic carbocycles. The van der Waals surface area contributed by atoms with Crippen molar-refractivity contribution in [3.63, 3.8) is 0 Å². The molecule has 2 N–H and O–H groups in total. The van der Waals surface area contributed by atoms with E-state index in [9.17, 15) is 0 Å². The summed E-state index contributed by atoms with van der Waals surface area (Å²) in [5.41, 5.74) is 2.14. The second kappa shape index (κ2) is 4.13. The van der Waals surface area contributed by atoms with Crippen molar-refractivity contribution in [2.24, 2.45) is 0 Å². The fourth-order valence-corrected chi connectivity index (χ4v) is 1.75. The molecular formula is C13H15N3O. The summed E-state index contributed by atoms with van der Waals surface area (Å²) in [6.07, 6.45) is 2.51. The Morgan fingerprint density at radius 3 is 2.71 bits per heavy atom. The number of benzene rings is 1. The zero-order valence-electron chi connectivity index (χ0n) is 9.73. The molecule has 1 aliphatic rings. The molecule has 0 saturated heterocycles. The molecule has 0 radical (unpaired) electrons. The monoisotopic (exact) mass is 229 g/mol. The van der Waals surface area contributed by atoms with E-state index in [0.29, 0.717) is 6.04 Å². The highest BCUT2D eigenvalue weighted by atomic mass is 16.5. The molecule has 4 heteroatoms. The minimum Gasteiger partial charge on any atom is -0.497 e. The van der Waals surface area contributed by atoms with Crippen LogP contribution in [0.5, 0.6) is 5.75 Å². The highest BCUT2D eigenvalue weighted by Gasteiger charge is 2.21. The molecule has 2 aromatic rings. The van der Waals surface area contributed by atoms with Gasteiger partial charge >= 0.3 is 0 Å². The van der Waals surface area contributed by atoms with Gasteiger partial charge in [0, 0.05) is 12.1 Å². The van der Waals surface area contributed by atoms with Gasteiger partial charge in [0.25, 0.3) is 0 Å². The third-order valence-electron chi connectivity index (χ3n) is 2.91. The van der Waals surface area contributed by atoms with Gasteiger partial charge in [0.05, 0.1) is 12.8 Å². The standard InChI is InChI=1S/C13H15N3O/c1-17-11-6-2-9(3-7-11)12-8-13(16-15-12)14-10-4-5-10/h2-3,6-8,10H,4-5H2,1H3,(H2,14,15,16). The van der Waals surface area contributed by atoms with Gasteiger partial charge in [-0.05, 0) is 42.7 Å². The summed E-state index contributed by atoms with van der Waals surface area (Å²) < 4.78 is 5.13. The second-order valence-corrected chi connectivity index (χ2v) is 4.31. The minimum absolute atomic E-state index is 0.627. The molecule has 1 aliphatic carbocycles. The summed E-state index contributed by atoms with van der Waals surface area (Å²) in [4.78, 5) is 0. The maximum atomic E-state index is 5.13. The molecule has 0 atom stereocenters. The highest BCUT2D eigenvalue weighted by molar-refractivity contribution is 5.63. The van der Waals surface area contributed by atoms with Crippen molar-refractivity contribution in [2.75, 3.05) is 12.4 Å². The van der Waals surface area contributed by atoms with Gasteiger partial charge in [0.15, 0.2) is 0 Å². The van der Waals surface area contributed by atoms with Crippen molar-refractivity contribution in [3.8, 4) is 17.0 Å². The zero-order valence-corrected chi connectivity index (χ0v) is 9.73. The normalized spacial score (nSPS) is 14.6. The SMILES string of the molecule is COc1ccc(-c2cc(NC3CC3)n[nH]2)cc1.